The van der Waals surface area contributed by atoms with Gasteiger partial charge in [-0.3, -0.25) is 9.78 Å². The van der Waals surface area contributed by atoms with E-state index in [-0.39, 0.29) is 6.10 Å². The van der Waals surface area contributed by atoms with Gasteiger partial charge in [0.15, 0.2) is 11.5 Å². The number of hydrogen-bond acceptors (Lipinski definition) is 4. The molecule has 4 heteroatoms. The van der Waals surface area contributed by atoms with Crippen molar-refractivity contribution in [2.24, 2.45) is 0 Å². The quantitative estimate of drug-likeness (QED) is 0.806. The number of aromatic nitrogens is 1. The Bertz CT molecular complexity index is 407. The predicted molar refractivity (Wildman–Crippen MR) is 63.4 cm³/mol. The van der Waals surface area contributed by atoms with Crippen LogP contribution in [0.1, 0.15) is 31.4 Å². The van der Waals surface area contributed by atoms with Crippen LogP contribution in [0.4, 0.5) is 0 Å². The van der Waals surface area contributed by atoms with Gasteiger partial charge in [0, 0.05) is 25.1 Å². The van der Waals surface area contributed by atoms with Crippen LogP contribution in [0.2, 0.25) is 0 Å². The van der Waals surface area contributed by atoms with Crippen LogP contribution in [-0.2, 0) is 4.79 Å². The molecule has 0 aliphatic heterocycles. The van der Waals surface area contributed by atoms with Crippen molar-refractivity contribution in [1.29, 1.82) is 0 Å². The predicted octanol–water partition coefficient (Wildman–Crippen LogP) is 2.29. The van der Waals surface area contributed by atoms with Crippen LogP contribution in [0.3, 0.4) is 0 Å². The number of ketones is 1. The maximum atomic E-state index is 11.1. The topological polar surface area (TPSA) is 48.4 Å². The number of aryl methyl sites for hydroxylation is 1. The molecule has 17 heavy (non-hydrogen) atoms. The Kier molecular flexibility index (Phi) is 3.61. The van der Waals surface area contributed by atoms with Gasteiger partial charge in [0.05, 0.1) is 18.9 Å². The summed E-state index contributed by atoms with van der Waals surface area (Å²) in [4.78, 5) is 15.3. The fourth-order valence-electron chi connectivity index (χ4n) is 2.08. The first-order valence-electron chi connectivity index (χ1n) is 5.88. The summed E-state index contributed by atoms with van der Waals surface area (Å²) in [6, 6.07) is 1.81. The number of methoxy groups -OCH3 is 1. The Hall–Kier alpha value is -1.58. The molecule has 1 aromatic heterocycles. The maximum absolute atomic E-state index is 11.1. The lowest BCUT2D eigenvalue weighted by Crippen LogP contribution is -2.24. The Morgan fingerprint density at radius 3 is 2.71 bits per heavy atom. The molecule has 1 fully saturated rings. The molecule has 0 spiro atoms. The van der Waals surface area contributed by atoms with Crippen molar-refractivity contribution >= 4 is 5.78 Å². The van der Waals surface area contributed by atoms with Crippen molar-refractivity contribution in [1.82, 2.24) is 4.98 Å². The highest BCUT2D eigenvalue weighted by molar-refractivity contribution is 5.79. The highest BCUT2D eigenvalue weighted by atomic mass is 16.5. The average molecular weight is 235 g/mol. The molecule has 1 aromatic rings. The van der Waals surface area contributed by atoms with Gasteiger partial charge in [0.25, 0.3) is 0 Å². The summed E-state index contributed by atoms with van der Waals surface area (Å²) in [5.74, 6) is 1.74. The molecule has 0 atom stereocenters. The van der Waals surface area contributed by atoms with E-state index in [0.29, 0.717) is 24.4 Å². The van der Waals surface area contributed by atoms with Gasteiger partial charge in [0.1, 0.15) is 5.78 Å². The maximum Gasteiger partial charge on any atom is 0.182 e. The van der Waals surface area contributed by atoms with Crippen molar-refractivity contribution in [3.05, 3.63) is 18.0 Å². The molecule has 92 valence electrons. The second kappa shape index (κ2) is 5.17. The zero-order valence-corrected chi connectivity index (χ0v) is 10.2. The van der Waals surface area contributed by atoms with Gasteiger partial charge < -0.3 is 9.47 Å². The van der Waals surface area contributed by atoms with E-state index >= 15 is 0 Å². The second-order valence-corrected chi connectivity index (χ2v) is 4.28. The fraction of sp³-hybridized carbons (Fsp3) is 0.538. The standard InChI is InChI=1S/C13H17NO3/c1-9-13(16-2)12(7-8-14-9)17-11-5-3-10(15)4-6-11/h7-8,11H,3-6H2,1-2H3. The SMILES string of the molecule is COc1c(OC2CCC(=O)CC2)ccnc1C. The number of ether oxygens (including phenoxy) is 2. The van der Waals surface area contributed by atoms with Crippen molar-refractivity contribution in [2.45, 2.75) is 38.7 Å². The summed E-state index contributed by atoms with van der Waals surface area (Å²) in [6.45, 7) is 1.89. The van der Waals surface area contributed by atoms with E-state index in [0.717, 1.165) is 24.3 Å². The summed E-state index contributed by atoms with van der Waals surface area (Å²) < 4.78 is 11.2. The van der Waals surface area contributed by atoms with Crippen LogP contribution in [-0.4, -0.2) is 24.0 Å². The first-order chi connectivity index (χ1) is 8.20. The molecular weight excluding hydrogens is 218 g/mol. The number of nitrogens with zero attached hydrogens (tertiary/aromatic N) is 1. The smallest absolute Gasteiger partial charge is 0.182 e. The zero-order chi connectivity index (χ0) is 12.3. The molecule has 0 unspecified atom stereocenters. The fourth-order valence-corrected chi connectivity index (χ4v) is 2.08. The Labute approximate surface area is 101 Å². The van der Waals surface area contributed by atoms with E-state index in [1.165, 1.54) is 0 Å². The van der Waals surface area contributed by atoms with Gasteiger partial charge in [-0.1, -0.05) is 0 Å². The number of carbonyl (C=O) groups excluding carboxylic acids is 1. The number of rotatable bonds is 3. The number of Topliss-reactive ketones (excluding diaryl/α,β-unsaturated/α-hetero) is 1. The molecule has 1 saturated carbocycles. The lowest BCUT2D eigenvalue weighted by atomic mass is 9.96. The van der Waals surface area contributed by atoms with Gasteiger partial charge in [-0.2, -0.15) is 0 Å². The summed E-state index contributed by atoms with van der Waals surface area (Å²) >= 11 is 0. The van der Waals surface area contributed by atoms with E-state index in [1.54, 1.807) is 13.3 Å². The molecule has 2 rings (SSSR count). The van der Waals surface area contributed by atoms with Crippen molar-refractivity contribution in [2.75, 3.05) is 7.11 Å². The highest BCUT2D eigenvalue weighted by Gasteiger charge is 2.21. The summed E-state index contributed by atoms with van der Waals surface area (Å²) in [5, 5.41) is 0. The molecule has 1 aliphatic rings. The lowest BCUT2D eigenvalue weighted by Gasteiger charge is -2.23. The minimum Gasteiger partial charge on any atom is -0.491 e. The average Bonchev–Trinajstić information content (AvgIpc) is 2.32. The van der Waals surface area contributed by atoms with E-state index in [9.17, 15) is 4.79 Å². The molecule has 0 N–H and O–H groups in total. The van der Waals surface area contributed by atoms with E-state index in [1.807, 2.05) is 13.0 Å². The normalized spacial score (nSPS) is 16.9. The molecule has 0 bridgehead atoms. The van der Waals surface area contributed by atoms with Crippen molar-refractivity contribution in [3.63, 3.8) is 0 Å². The van der Waals surface area contributed by atoms with Gasteiger partial charge >= 0.3 is 0 Å². The largest absolute Gasteiger partial charge is 0.491 e. The second-order valence-electron chi connectivity index (χ2n) is 4.28. The van der Waals surface area contributed by atoms with Crippen LogP contribution in [0.15, 0.2) is 12.3 Å². The van der Waals surface area contributed by atoms with Crippen LogP contribution in [0, 0.1) is 6.92 Å². The first kappa shape index (κ1) is 11.9. The first-order valence-corrected chi connectivity index (χ1v) is 5.88. The Morgan fingerprint density at radius 2 is 2.06 bits per heavy atom. The minimum absolute atomic E-state index is 0.114. The Balaban J connectivity index is 2.08. The van der Waals surface area contributed by atoms with E-state index in [4.69, 9.17) is 9.47 Å². The monoisotopic (exact) mass is 235 g/mol. The third kappa shape index (κ3) is 2.75. The molecule has 1 aliphatic carbocycles. The molecule has 0 aromatic carbocycles. The summed E-state index contributed by atoms with van der Waals surface area (Å²) in [5.41, 5.74) is 0.817. The molecule has 0 saturated heterocycles. The van der Waals surface area contributed by atoms with Gasteiger partial charge in [-0.15, -0.1) is 0 Å². The van der Waals surface area contributed by atoms with Crippen LogP contribution in [0.25, 0.3) is 0 Å². The van der Waals surface area contributed by atoms with E-state index < -0.39 is 0 Å². The van der Waals surface area contributed by atoms with Crippen LogP contribution in [0.5, 0.6) is 11.5 Å². The van der Waals surface area contributed by atoms with Crippen LogP contribution < -0.4 is 9.47 Å². The number of carbonyl (C=O) groups is 1. The summed E-state index contributed by atoms with van der Waals surface area (Å²) in [7, 11) is 1.61. The van der Waals surface area contributed by atoms with Gasteiger partial charge in [0.2, 0.25) is 0 Å². The highest BCUT2D eigenvalue weighted by Crippen LogP contribution is 2.31. The van der Waals surface area contributed by atoms with Crippen LogP contribution >= 0.6 is 0 Å². The minimum atomic E-state index is 0.114. The van der Waals surface area contributed by atoms with Gasteiger partial charge in [-0.05, 0) is 19.8 Å². The molecular formula is C13H17NO3. The lowest BCUT2D eigenvalue weighted by molar-refractivity contribution is -0.121. The molecule has 4 nitrogen and oxygen atoms in total. The third-order valence-electron chi connectivity index (χ3n) is 3.03. The number of pyridine rings is 1. The number of hydrogen-bond donors (Lipinski definition) is 0. The van der Waals surface area contributed by atoms with Gasteiger partial charge in [-0.25, -0.2) is 0 Å². The molecule has 0 radical (unpaired) electrons. The summed E-state index contributed by atoms with van der Waals surface area (Å²) in [6.07, 6.45) is 4.66. The zero-order valence-electron chi connectivity index (χ0n) is 10.2. The molecule has 0 amide bonds. The third-order valence-corrected chi connectivity index (χ3v) is 3.03. The Morgan fingerprint density at radius 1 is 1.35 bits per heavy atom. The van der Waals surface area contributed by atoms with Crippen molar-refractivity contribution < 1.29 is 14.3 Å². The molecule has 1 heterocycles. The van der Waals surface area contributed by atoms with Crippen molar-refractivity contribution in [3.8, 4) is 11.5 Å². The van der Waals surface area contributed by atoms with E-state index in [2.05, 4.69) is 4.98 Å².